The molecular formula is C37H51N2OS+. The summed E-state index contributed by atoms with van der Waals surface area (Å²) in [6, 6.07) is 21.0. The lowest BCUT2D eigenvalue weighted by Crippen LogP contribution is -2.26. The Kier molecular flexibility index (Phi) is 17.9. The van der Waals surface area contributed by atoms with Crippen molar-refractivity contribution in [1.82, 2.24) is 0 Å². The molecule has 0 fully saturated rings. The lowest BCUT2D eigenvalue weighted by atomic mass is 9.75. The number of aromatic nitrogens is 1. The number of aryl methyl sites for hydroxylation is 2. The lowest BCUT2D eigenvalue weighted by molar-refractivity contribution is -0.671. The van der Waals surface area contributed by atoms with Crippen LogP contribution in [0.25, 0.3) is 0 Å². The maximum absolute atomic E-state index is 5.62. The van der Waals surface area contributed by atoms with Crippen molar-refractivity contribution < 1.29 is 9.30 Å². The van der Waals surface area contributed by atoms with Crippen LogP contribution in [-0.2, 0) is 20.1 Å². The normalized spacial score (nSPS) is 12.8. The van der Waals surface area contributed by atoms with E-state index in [1.807, 2.05) is 54.3 Å². The minimum atomic E-state index is 0.577. The van der Waals surface area contributed by atoms with E-state index in [4.69, 9.17) is 4.74 Å². The third-order valence-electron chi connectivity index (χ3n) is 7.34. The molecule has 0 amide bonds. The third-order valence-corrected chi connectivity index (χ3v) is 8.80. The summed E-state index contributed by atoms with van der Waals surface area (Å²) in [6.45, 7) is 5.27. The second-order valence-electron chi connectivity index (χ2n) is 10.7. The number of anilines is 1. The van der Waals surface area contributed by atoms with Crippen molar-refractivity contribution in [3.8, 4) is 31.4 Å². The topological polar surface area (TPSA) is 16.4 Å². The van der Waals surface area contributed by atoms with Crippen LogP contribution >= 0.6 is 11.8 Å². The number of hydrogen-bond acceptors (Lipinski definition) is 3. The first kappa shape index (κ1) is 35.7. The summed E-state index contributed by atoms with van der Waals surface area (Å²) in [7, 11) is 6.28. The zero-order chi connectivity index (χ0) is 30.5. The number of nitrogens with zero attached hydrogens (tertiary/aromatic N) is 2. The molecule has 0 radical (unpaired) electrons. The zero-order valence-corrected chi connectivity index (χ0v) is 26.8. The van der Waals surface area contributed by atoms with Gasteiger partial charge in [0.25, 0.3) is 0 Å². The highest BCUT2D eigenvalue weighted by Crippen LogP contribution is 2.45. The Labute approximate surface area is 255 Å². The number of fused-ring (bicyclic) bond motifs is 1. The molecule has 4 rings (SSSR count). The van der Waals surface area contributed by atoms with E-state index < -0.39 is 0 Å². The van der Waals surface area contributed by atoms with Gasteiger partial charge in [-0.15, -0.1) is 37.5 Å². The summed E-state index contributed by atoms with van der Waals surface area (Å²) in [6.07, 6.45) is 31.0. The highest BCUT2D eigenvalue weighted by Gasteiger charge is 2.31. The van der Waals surface area contributed by atoms with Gasteiger partial charge in [0.05, 0.1) is 0 Å². The van der Waals surface area contributed by atoms with Crippen LogP contribution in [-0.4, -0.2) is 19.8 Å². The minimum Gasteiger partial charge on any atom is -0.489 e. The van der Waals surface area contributed by atoms with Gasteiger partial charge in [-0.25, -0.2) is 4.57 Å². The monoisotopic (exact) mass is 571 g/mol. The van der Waals surface area contributed by atoms with E-state index in [1.165, 1.54) is 73.3 Å². The minimum absolute atomic E-state index is 0.577. The first-order valence-corrected chi connectivity index (χ1v) is 15.6. The second-order valence-corrected chi connectivity index (χ2v) is 11.7. The van der Waals surface area contributed by atoms with Crippen LogP contribution in [0.4, 0.5) is 5.69 Å². The quantitative estimate of drug-likeness (QED) is 0.179. The molecule has 0 atom stereocenters. The van der Waals surface area contributed by atoms with Crippen molar-refractivity contribution in [2.75, 3.05) is 24.7 Å². The molecule has 1 aliphatic rings. The average Bonchev–Trinajstić information content (AvgIpc) is 3.21. The molecule has 0 aliphatic carbocycles. The number of ether oxygens (including phenoxy) is 1. The van der Waals surface area contributed by atoms with Gasteiger partial charge in [-0.1, -0.05) is 57.7 Å². The molecule has 3 nitrogen and oxygen atoms in total. The van der Waals surface area contributed by atoms with Crippen molar-refractivity contribution in [2.24, 2.45) is 12.5 Å². The van der Waals surface area contributed by atoms with E-state index >= 15 is 0 Å². The van der Waals surface area contributed by atoms with Crippen molar-refractivity contribution in [1.29, 1.82) is 0 Å². The molecule has 41 heavy (non-hydrogen) atoms. The van der Waals surface area contributed by atoms with E-state index in [2.05, 4.69) is 101 Å². The SMILES string of the molecule is C#C.C#C.CCCCC1(CCCC)CCc2cc(N(C)C)ccc2SC1.C[n+]1ccc(COc2ccccc2)cc1. The van der Waals surface area contributed by atoms with Crippen LogP contribution in [0.1, 0.15) is 69.9 Å². The van der Waals surface area contributed by atoms with Gasteiger partial charge in [0, 0.05) is 48.1 Å². The fourth-order valence-corrected chi connectivity index (χ4v) is 6.22. The van der Waals surface area contributed by atoms with Gasteiger partial charge in [0.15, 0.2) is 12.4 Å². The summed E-state index contributed by atoms with van der Waals surface area (Å²) in [5.74, 6) is 2.23. The van der Waals surface area contributed by atoms with Crippen LogP contribution in [0.2, 0.25) is 0 Å². The molecule has 0 bridgehead atoms. The van der Waals surface area contributed by atoms with Crippen molar-refractivity contribution in [2.45, 2.75) is 76.7 Å². The number of unbranched alkanes of at least 4 members (excludes halogenated alkanes) is 2. The zero-order valence-electron chi connectivity index (χ0n) is 26.0. The van der Waals surface area contributed by atoms with Gasteiger partial charge in [0.2, 0.25) is 0 Å². The fourth-order valence-electron chi connectivity index (χ4n) is 4.82. The third kappa shape index (κ3) is 12.8. The molecule has 0 saturated heterocycles. The van der Waals surface area contributed by atoms with Gasteiger partial charge >= 0.3 is 0 Å². The van der Waals surface area contributed by atoms with Crippen LogP contribution in [0.3, 0.4) is 0 Å². The molecular weight excluding hydrogens is 520 g/mol. The highest BCUT2D eigenvalue weighted by molar-refractivity contribution is 7.99. The van der Waals surface area contributed by atoms with Crippen LogP contribution < -0.4 is 14.2 Å². The van der Waals surface area contributed by atoms with Crippen LogP contribution in [0.5, 0.6) is 5.75 Å². The van der Waals surface area contributed by atoms with Crippen molar-refractivity contribution >= 4 is 17.4 Å². The van der Waals surface area contributed by atoms with Gasteiger partial charge < -0.3 is 9.64 Å². The van der Waals surface area contributed by atoms with Crippen molar-refractivity contribution in [3.05, 3.63) is 84.2 Å². The van der Waals surface area contributed by atoms with E-state index in [0.717, 1.165) is 5.75 Å². The van der Waals surface area contributed by atoms with E-state index in [-0.39, 0.29) is 0 Å². The van der Waals surface area contributed by atoms with E-state index in [0.29, 0.717) is 12.0 Å². The fraction of sp³-hybridized carbons (Fsp3) is 0.432. The molecule has 0 spiro atoms. The molecule has 1 aliphatic heterocycles. The molecule has 2 heterocycles. The van der Waals surface area contributed by atoms with Gasteiger partial charge in [-0.3, -0.25) is 0 Å². The number of hydrogen-bond donors (Lipinski definition) is 0. The Hall–Kier alpha value is -3.34. The molecule has 0 saturated carbocycles. The highest BCUT2D eigenvalue weighted by atomic mass is 32.2. The number of rotatable bonds is 10. The Balaban J connectivity index is 0.000000385. The Bertz CT molecular complexity index is 1120. The molecule has 220 valence electrons. The van der Waals surface area contributed by atoms with Crippen molar-refractivity contribution in [3.63, 3.8) is 0 Å². The average molecular weight is 572 g/mol. The lowest BCUT2D eigenvalue weighted by Gasteiger charge is -2.32. The van der Waals surface area contributed by atoms with E-state index in [9.17, 15) is 0 Å². The number of thioether (sulfide) groups is 1. The summed E-state index contributed by atoms with van der Waals surface area (Å²) in [4.78, 5) is 3.75. The van der Waals surface area contributed by atoms with Gasteiger partial charge in [-0.2, -0.15) is 0 Å². The summed E-state index contributed by atoms with van der Waals surface area (Å²) in [5.41, 5.74) is 4.67. The molecule has 0 unspecified atom stereocenters. The number of terminal acetylenes is 2. The summed E-state index contributed by atoms with van der Waals surface area (Å²) < 4.78 is 7.63. The number of para-hydroxylation sites is 1. The second kappa shape index (κ2) is 20.5. The molecule has 0 N–H and O–H groups in total. The maximum Gasteiger partial charge on any atom is 0.168 e. The van der Waals surface area contributed by atoms with Crippen LogP contribution in [0.15, 0.2) is 78.0 Å². The Morgan fingerprint density at radius 3 is 2.05 bits per heavy atom. The Morgan fingerprint density at radius 1 is 0.878 bits per heavy atom. The molecule has 3 aromatic rings. The van der Waals surface area contributed by atoms with Gasteiger partial charge in [0.1, 0.15) is 19.4 Å². The first-order chi connectivity index (χ1) is 19.9. The number of benzene rings is 2. The predicted molar refractivity (Wildman–Crippen MR) is 179 cm³/mol. The standard InChI is InChI=1S/C20H33NS.C13H14NO.2C2H2/c1-5-7-12-20(13-8-6-2)14-11-17-15-18(21(3)4)9-10-19(17)22-16-20;1-14-9-7-12(8-10-14)11-15-13-5-3-2-4-6-13;2*1-2/h9-10,15H,5-8,11-14,16H2,1-4H3;2-10H,11H2,1H3;2*1-2H/q;+1;;. The van der Waals surface area contributed by atoms with Gasteiger partial charge in [-0.05, 0) is 67.0 Å². The summed E-state index contributed by atoms with van der Waals surface area (Å²) in [5, 5.41) is 0. The summed E-state index contributed by atoms with van der Waals surface area (Å²) >= 11 is 2.12. The smallest absolute Gasteiger partial charge is 0.168 e. The first-order valence-electron chi connectivity index (χ1n) is 14.7. The number of pyridine rings is 1. The molecule has 2 aromatic carbocycles. The predicted octanol–water partition coefficient (Wildman–Crippen LogP) is 8.75. The van der Waals surface area contributed by atoms with Crippen LogP contribution in [0, 0.1) is 31.1 Å². The Morgan fingerprint density at radius 2 is 1.49 bits per heavy atom. The largest absolute Gasteiger partial charge is 0.489 e. The van der Waals surface area contributed by atoms with E-state index in [1.54, 1.807) is 5.56 Å². The molecule has 4 heteroatoms. The maximum atomic E-state index is 5.62. The molecule has 1 aromatic heterocycles.